The smallest absolute Gasteiger partial charge is 0.223 e. The molecule has 0 fully saturated rings. The number of hydrogen-bond acceptors (Lipinski definition) is 3. The van der Waals surface area contributed by atoms with Crippen molar-refractivity contribution >= 4 is 23.2 Å². The van der Waals surface area contributed by atoms with Crippen LogP contribution >= 0.6 is 0 Å². The minimum absolute atomic E-state index is 0.0401. The number of aromatic amines is 1. The van der Waals surface area contributed by atoms with Crippen molar-refractivity contribution in [1.29, 1.82) is 0 Å². The van der Waals surface area contributed by atoms with Gasteiger partial charge in [-0.25, -0.2) is 4.98 Å². The van der Waals surface area contributed by atoms with Crippen LogP contribution in [0.1, 0.15) is 31.5 Å². The second-order valence-corrected chi connectivity index (χ2v) is 5.22. The summed E-state index contributed by atoms with van der Waals surface area (Å²) in [6.07, 6.45) is 6.38. The summed E-state index contributed by atoms with van der Waals surface area (Å²) in [7, 11) is 0. The number of amides is 1. The molecule has 0 spiro atoms. The molecule has 0 unspecified atom stereocenters. The molecule has 114 valence electrons. The second kappa shape index (κ2) is 6.05. The van der Waals surface area contributed by atoms with Gasteiger partial charge in [0.15, 0.2) is 0 Å². The Morgan fingerprint density at radius 3 is 3.05 bits per heavy atom. The van der Waals surface area contributed by atoms with E-state index in [1.54, 1.807) is 24.3 Å². The summed E-state index contributed by atoms with van der Waals surface area (Å²) in [5.74, 6) is 0.902. The van der Waals surface area contributed by atoms with Crippen LogP contribution in [0.5, 0.6) is 5.75 Å². The predicted octanol–water partition coefficient (Wildman–Crippen LogP) is 3.11. The van der Waals surface area contributed by atoms with Crippen LogP contribution in [0.2, 0.25) is 0 Å². The van der Waals surface area contributed by atoms with E-state index in [0.717, 1.165) is 29.1 Å². The number of rotatable bonds is 3. The van der Waals surface area contributed by atoms with Crippen molar-refractivity contribution < 1.29 is 9.53 Å². The molecule has 2 heterocycles. The van der Waals surface area contributed by atoms with Gasteiger partial charge in [-0.3, -0.25) is 4.79 Å². The van der Waals surface area contributed by atoms with E-state index in [2.05, 4.69) is 16.0 Å². The number of H-pyrrole nitrogens is 1. The Morgan fingerprint density at radius 1 is 1.50 bits per heavy atom. The summed E-state index contributed by atoms with van der Waals surface area (Å²) in [4.78, 5) is 20.6. The molecule has 0 atom stereocenters. The zero-order valence-electron chi connectivity index (χ0n) is 12.8. The molecule has 0 radical (unpaired) electrons. The Kier molecular flexibility index (Phi) is 3.96. The fourth-order valence-corrected chi connectivity index (χ4v) is 2.74. The third kappa shape index (κ3) is 2.74. The van der Waals surface area contributed by atoms with Gasteiger partial charge in [-0.05, 0) is 36.8 Å². The molecule has 2 aromatic rings. The van der Waals surface area contributed by atoms with Crippen LogP contribution in [0.3, 0.4) is 0 Å². The lowest BCUT2D eigenvalue weighted by Gasteiger charge is -2.24. The second-order valence-electron chi connectivity index (χ2n) is 5.22. The molecule has 1 N–H and O–H groups in total. The van der Waals surface area contributed by atoms with Crippen LogP contribution in [0.4, 0.5) is 5.69 Å². The number of nitrogens with one attached hydrogen (secondary N) is 1. The maximum atomic E-state index is 11.7. The molecule has 0 saturated carbocycles. The summed E-state index contributed by atoms with van der Waals surface area (Å²) < 4.78 is 5.73. The summed E-state index contributed by atoms with van der Waals surface area (Å²) in [5.41, 5.74) is 4.09. The molecule has 1 aliphatic heterocycles. The Hall–Kier alpha value is -2.56. The number of fused-ring (bicyclic) bond motifs is 1. The molecule has 5 heteroatoms. The predicted molar refractivity (Wildman–Crippen MR) is 86.7 cm³/mol. The van der Waals surface area contributed by atoms with Gasteiger partial charge in [-0.1, -0.05) is 0 Å². The third-order valence-corrected chi connectivity index (χ3v) is 3.80. The number of carbonyl (C=O) groups excluding carboxylic acids is 1. The van der Waals surface area contributed by atoms with Crippen molar-refractivity contribution in [3.63, 3.8) is 0 Å². The monoisotopic (exact) mass is 297 g/mol. The van der Waals surface area contributed by atoms with Crippen molar-refractivity contribution in [2.24, 2.45) is 0 Å². The van der Waals surface area contributed by atoms with Crippen molar-refractivity contribution in [2.75, 3.05) is 18.1 Å². The molecule has 1 aromatic carbocycles. The quantitative estimate of drug-likeness (QED) is 0.947. The van der Waals surface area contributed by atoms with Gasteiger partial charge in [0.25, 0.3) is 0 Å². The van der Waals surface area contributed by atoms with Gasteiger partial charge in [0.1, 0.15) is 5.75 Å². The molecular formula is C17H19N3O2. The molecule has 5 nitrogen and oxygen atoms in total. The van der Waals surface area contributed by atoms with Crippen molar-refractivity contribution in [3.05, 3.63) is 42.0 Å². The molecule has 1 aromatic heterocycles. The van der Waals surface area contributed by atoms with E-state index in [9.17, 15) is 4.79 Å². The van der Waals surface area contributed by atoms with Crippen LogP contribution in [-0.4, -0.2) is 29.0 Å². The largest absolute Gasteiger partial charge is 0.493 e. The van der Waals surface area contributed by atoms with Crippen molar-refractivity contribution in [1.82, 2.24) is 9.97 Å². The summed E-state index contributed by atoms with van der Waals surface area (Å²) in [6.45, 7) is 4.87. The first-order valence-electron chi connectivity index (χ1n) is 7.43. The van der Waals surface area contributed by atoms with E-state index in [-0.39, 0.29) is 5.91 Å². The molecule has 3 rings (SSSR count). The minimum atomic E-state index is 0.0401. The Morgan fingerprint density at radius 2 is 2.36 bits per heavy atom. The van der Waals surface area contributed by atoms with Crippen LogP contribution in [0, 0.1) is 0 Å². The molecule has 0 saturated heterocycles. The van der Waals surface area contributed by atoms with E-state index in [0.29, 0.717) is 13.2 Å². The first-order valence-corrected chi connectivity index (χ1v) is 7.43. The third-order valence-electron chi connectivity index (χ3n) is 3.80. The fourth-order valence-electron chi connectivity index (χ4n) is 2.74. The Bertz CT molecular complexity index is 705. The highest BCUT2D eigenvalue weighted by Crippen LogP contribution is 2.36. The maximum absolute atomic E-state index is 11.7. The fraction of sp³-hybridized carbons (Fsp3) is 0.294. The van der Waals surface area contributed by atoms with Gasteiger partial charge < -0.3 is 14.6 Å². The van der Waals surface area contributed by atoms with E-state index >= 15 is 0 Å². The SMILES string of the molecule is CCN(C(C)=O)c1ccc2c(c1)C(=Cc1cnc[nH]1)CCO2. The summed E-state index contributed by atoms with van der Waals surface area (Å²) in [6, 6.07) is 5.90. The van der Waals surface area contributed by atoms with Gasteiger partial charge >= 0.3 is 0 Å². The number of imidazole rings is 1. The number of carbonyl (C=O) groups is 1. The standard InChI is InChI=1S/C17H19N3O2/c1-3-20(12(2)21)15-4-5-17-16(9-15)13(6-7-22-17)8-14-10-18-11-19-14/h4-5,8-11H,3,6-7H2,1-2H3,(H,18,19). The molecule has 0 aliphatic carbocycles. The van der Waals surface area contributed by atoms with Crippen LogP contribution in [0.25, 0.3) is 11.6 Å². The van der Waals surface area contributed by atoms with Gasteiger partial charge in [0.05, 0.1) is 24.8 Å². The van der Waals surface area contributed by atoms with E-state index in [1.807, 2.05) is 25.1 Å². The number of anilines is 1. The molecular weight excluding hydrogens is 278 g/mol. The molecule has 1 amide bonds. The maximum Gasteiger partial charge on any atom is 0.223 e. The average molecular weight is 297 g/mol. The lowest BCUT2D eigenvalue weighted by Crippen LogP contribution is -2.28. The number of benzene rings is 1. The van der Waals surface area contributed by atoms with Gasteiger partial charge in [-0.2, -0.15) is 0 Å². The first kappa shape index (κ1) is 14.4. The lowest BCUT2D eigenvalue weighted by atomic mass is 9.98. The summed E-state index contributed by atoms with van der Waals surface area (Å²) >= 11 is 0. The van der Waals surface area contributed by atoms with Gasteiger partial charge in [0, 0.05) is 31.1 Å². The molecule has 1 aliphatic rings. The van der Waals surface area contributed by atoms with E-state index < -0.39 is 0 Å². The highest BCUT2D eigenvalue weighted by Gasteiger charge is 2.18. The molecule has 0 bridgehead atoms. The van der Waals surface area contributed by atoms with Crippen molar-refractivity contribution in [3.8, 4) is 5.75 Å². The topological polar surface area (TPSA) is 58.2 Å². The zero-order chi connectivity index (χ0) is 15.5. The number of hydrogen-bond donors (Lipinski definition) is 1. The average Bonchev–Trinajstić information content (AvgIpc) is 3.01. The highest BCUT2D eigenvalue weighted by atomic mass is 16.5. The Balaban J connectivity index is 2.03. The van der Waals surface area contributed by atoms with E-state index in [1.165, 1.54) is 5.57 Å². The number of nitrogens with zero attached hydrogens (tertiary/aromatic N) is 2. The van der Waals surface area contributed by atoms with Crippen molar-refractivity contribution in [2.45, 2.75) is 20.3 Å². The van der Waals surface area contributed by atoms with E-state index in [4.69, 9.17) is 4.74 Å². The van der Waals surface area contributed by atoms with Crippen LogP contribution < -0.4 is 9.64 Å². The minimum Gasteiger partial charge on any atom is -0.493 e. The highest BCUT2D eigenvalue weighted by molar-refractivity contribution is 5.93. The Labute approximate surface area is 129 Å². The number of ether oxygens (including phenoxy) is 1. The first-order chi connectivity index (χ1) is 10.7. The van der Waals surface area contributed by atoms with Gasteiger partial charge in [0.2, 0.25) is 5.91 Å². The van der Waals surface area contributed by atoms with Gasteiger partial charge in [-0.15, -0.1) is 0 Å². The summed E-state index contributed by atoms with van der Waals surface area (Å²) in [5, 5.41) is 0. The van der Waals surface area contributed by atoms with Crippen LogP contribution in [-0.2, 0) is 4.79 Å². The normalized spacial score (nSPS) is 15.3. The lowest BCUT2D eigenvalue weighted by molar-refractivity contribution is -0.116. The van der Waals surface area contributed by atoms with Crippen LogP contribution in [0.15, 0.2) is 30.7 Å². The molecule has 22 heavy (non-hydrogen) atoms. The number of aromatic nitrogens is 2. The zero-order valence-corrected chi connectivity index (χ0v) is 12.8.